The van der Waals surface area contributed by atoms with Crippen molar-refractivity contribution in [2.45, 2.75) is 231 Å². The van der Waals surface area contributed by atoms with Crippen molar-refractivity contribution in [2.75, 3.05) is 5.75 Å². The molecule has 0 rings (SSSR count). The van der Waals surface area contributed by atoms with Gasteiger partial charge in [-0.05, 0) is 70.6 Å². The molecule has 1 amide bonds. The average molecular weight is 790 g/mol. The standard InChI is InChI=1S/C48H87NO5S/c1-3-5-7-9-11-13-15-17-19-21-23-24-26-28-30-32-34-36-38-40-42-44-48(51)49-46(45-55(52,53)54)47(50)43-41-39-37-35-33-31-29-27-25-22-20-18-16-14-12-10-8-6-4-2/h15,17,21,23,26,28,33,35,41,43,46-47,50H,3-14,16,18-20,22,24-25,27,29-32,34,36-40,42,44-45H2,1-2H3,(H,49,51)(H,52,53,54)/b17-15-,23-21-,28-26-,35-33+,43-41+. The van der Waals surface area contributed by atoms with Crippen molar-refractivity contribution >= 4 is 16.0 Å². The van der Waals surface area contributed by atoms with E-state index in [-0.39, 0.29) is 12.3 Å². The summed E-state index contributed by atoms with van der Waals surface area (Å²) in [4.78, 5) is 12.5. The molecule has 0 spiro atoms. The molecule has 0 aromatic carbocycles. The molecule has 0 saturated heterocycles. The lowest BCUT2D eigenvalue weighted by atomic mass is 10.0. The minimum Gasteiger partial charge on any atom is -0.387 e. The third-order valence-corrected chi connectivity index (χ3v) is 10.9. The molecule has 3 N–H and O–H groups in total. The first kappa shape index (κ1) is 53.0. The zero-order valence-corrected chi connectivity index (χ0v) is 36.6. The predicted octanol–water partition coefficient (Wildman–Crippen LogP) is 14.0. The third kappa shape index (κ3) is 43.0. The number of amides is 1. The van der Waals surface area contributed by atoms with Gasteiger partial charge in [0, 0.05) is 6.42 Å². The van der Waals surface area contributed by atoms with Crippen molar-refractivity contribution in [1.82, 2.24) is 5.32 Å². The molecule has 0 aromatic rings. The van der Waals surface area contributed by atoms with Gasteiger partial charge in [0.15, 0.2) is 0 Å². The molecule has 0 fully saturated rings. The van der Waals surface area contributed by atoms with Crippen molar-refractivity contribution in [1.29, 1.82) is 0 Å². The maximum absolute atomic E-state index is 12.5. The number of hydrogen-bond acceptors (Lipinski definition) is 4. The molecule has 0 bridgehead atoms. The van der Waals surface area contributed by atoms with Crippen LogP contribution < -0.4 is 5.32 Å². The van der Waals surface area contributed by atoms with Gasteiger partial charge in [0.2, 0.25) is 5.91 Å². The molecular weight excluding hydrogens is 703 g/mol. The smallest absolute Gasteiger partial charge is 0.267 e. The largest absolute Gasteiger partial charge is 0.387 e. The van der Waals surface area contributed by atoms with Gasteiger partial charge in [-0.2, -0.15) is 8.42 Å². The lowest BCUT2D eigenvalue weighted by molar-refractivity contribution is -0.122. The Balaban J connectivity index is 3.95. The third-order valence-electron chi connectivity index (χ3n) is 10.2. The van der Waals surface area contributed by atoms with E-state index in [1.54, 1.807) is 0 Å². The Morgan fingerprint density at radius 2 is 0.836 bits per heavy atom. The Hall–Kier alpha value is -1.96. The highest BCUT2D eigenvalue weighted by molar-refractivity contribution is 7.85. The summed E-state index contributed by atoms with van der Waals surface area (Å²) in [6.07, 6.45) is 57.8. The van der Waals surface area contributed by atoms with E-state index in [1.165, 1.54) is 141 Å². The topological polar surface area (TPSA) is 104 Å². The van der Waals surface area contributed by atoms with Crippen LogP contribution in [0.5, 0.6) is 0 Å². The summed E-state index contributed by atoms with van der Waals surface area (Å²) in [6, 6.07) is -1.08. The van der Waals surface area contributed by atoms with Crippen molar-refractivity contribution in [3.05, 3.63) is 60.8 Å². The Kier molecular flexibility index (Phi) is 40.2. The van der Waals surface area contributed by atoms with Gasteiger partial charge in [-0.25, -0.2) is 0 Å². The molecule has 2 atom stereocenters. The zero-order chi connectivity index (χ0) is 40.3. The van der Waals surface area contributed by atoms with Crippen LogP contribution in [0.15, 0.2) is 60.8 Å². The van der Waals surface area contributed by atoms with Crippen LogP contribution in [0.1, 0.15) is 219 Å². The van der Waals surface area contributed by atoms with Gasteiger partial charge in [0.05, 0.1) is 17.9 Å². The highest BCUT2D eigenvalue weighted by Crippen LogP contribution is 2.14. The normalized spacial score (nSPS) is 13.7. The Labute approximate surface area is 341 Å². The van der Waals surface area contributed by atoms with Crippen molar-refractivity contribution < 1.29 is 22.9 Å². The molecule has 0 aliphatic rings. The number of aliphatic hydroxyl groups excluding tert-OH is 1. The van der Waals surface area contributed by atoms with E-state index in [1.807, 2.05) is 6.08 Å². The molecule has 320 valence electrons. The van der Waals surface area contributed by atoms with Gasteiger partial charge in [-0.15, -0.1) is 0 Å². The second-order valence-corrected chi connectivity index (χ2v) is 17.2. The Bertz CT molecular complexity index is 1090. The maximum atomic E-state index is 12.5. The Morgan fingerprint density at radius 1 is 0.491 bits per heavy atom. The van der Waals surface area contributed by atoms with Crippen LogP contribution in [0.25, 0.3) is 0 Å². The summed E-state index contributed by atoms with van der Waals surface area (Å²) in [5, 5.41) is 13.2. The summed E-state index contributed by atoms with van der Waals surface area (Å²) in [5.41, 5.74) is 0. The van der Waals surface area contributed by atoms with Crippen LogP contribution in [-0.2, 0) is 14.9 Å². The number of unbranched alkanes of at least 4 members (excludes halogenated alkanes) is 25. The molecule has 0 saturated carbocycles. The van der Waals surface area contributed by atoms with Crippen LogP contribution in [0, 0.1) is 0 Å². The Morgan fingerprint density at radius 3 is 1.27 bits per heavy atom. The molecule has 0 radical (unpaired) electrons. The van der Waals surface area contributed by atoms with Gasteiger partial charge in [-0.1, -0.05) is 203 Å². The van der Waals surface area contributed by atoms with Crippen LogP contribution >= 0.6 is 0 Å². The number of carbonyl (C=O) groups excluding carboxylic acids is 1. The van der Waals surface area contributed by atoms with Gasteiger partial charge in [0.1, 0.15) is 0 Å². The van der Waals surface area contributed by atoms with E-state index in [4.69, 9.17) is 0 Å². The highest BCUT2D eigenvalue weighted by Gasteiger charge is 2.24. The van der Waals surface area contributed by atoms with Gasteiger partial charge in [-0.3, -0.25) is 9.35 Å². The molecule has 0 aliphatic heterocycles. The lowest BCUT2D eigenvalue weighted by Gasteiger charge is -2.21. The minimum absolute atomic E-state index is 0.271. The first-order valence-electron chi connectivity index (χ1n) is 23.0. The minimum atomic E-state index is -4.36. The maximum Gasteiger partial charge on any atom is 0.267 e. The summed E-state index contributed by atoms with van der Waals surface area (Å²) in [5.74, 6) is -1.02. The number of aliphatic hydroxyl groups is 1. The van der Waals surface area contributed by atoms with Gasteiger partial charge >= 0.3 is 0 Å². The van der Waals surface area contributed by atoms with E-state index in [2.05, 4.69) is 67.8 Å². The molecule has 2 unspecified atom stereocenters. The van der Waals surface area contributed by atoms with Crippen molar-refractivity contribution in [3.8, 4) is 0 Å². The lowest BCUT2D eigenvalue weighted by Crippen LogP contribution is -2.46. The molecule has 0 heterocycles. The number of hydrogen-bond donors (Lipinski definition) is 3. The summed E-state index contributed by atoms with van der Waals surface area (Å²) in [6.45, 7) is 4.52. The van der Waals surface area contributed by atoms with E-state index in [9.17, 15) is 22.9 Å². The van der Waals surface area contributed by atoms with Crippen LogP contribution in [0.3, 0.4) is 0 Å². The van der Waals surface area contributed by atoms with Crippen LogP contribution in [-0.4, -0.2) is 41.9 Å². The molecule has 55 heavy (non-hydrogen) atoms. The number of allylic oxidation sites excluding steroid dienone is 9. The molecular formula is C48H87NO5S. The second-order valence-electron chi connectivity index (χ2n) is 15.7. The van der Waals surface area contributed by atoms with Crippen molar-refractivity contribution in [2.24, 2.45) is 0 Å². The first-order chi connectivity index (χ1) is 26.8. The number of nitrogens with one attached hydrogen (secondary N) is 1. The fourth-order valence-corrected chi connectivity index (χ4v) is 7.44. The summed E-state index contributed by atoms with van der Waals surface area (Å²) < 4.78 is 32.6. The highest BCUT2D eigenvalue weighted by atomic mass is 32.2. The van der Waals surface area contributed by atoms with Gasteiger partial charge in [0.25, 0.3) is 10.1 Å². The van der Waals surface area contributed by atoms with E-state index in [0.29, 0.717) is 12.8 Å². The zero-order valence-electron chi connectivity index (χ0n) is 35.8. The molecule has 0 aromatic heterocycles. The van der Waals surface area contributed by atoms with E-state index < -0.39 is 28.0 Å². The average Bonchev–Trinajstić information content (AvgIpc) is 3.15. The van der Waals surface area contributed by atoms with Crippen LogP contribution in [0.4, 0.5) is 0 Å². The van der Waals surface area contributed by atoms with E-state index in [0.717, 1.165) is 51.4 Å². The summed E-state index contributed by atoms with van der Waals surface area (Å²) in [7, 11) is -4.36. The monoisotopic (exact) mass is 790 g/mol. The fraction of sp³-hybridized carbons (Fsp3) is 0.771. The summed E-state index contributed by atoms with van der Waals surface area (Å²) >= 11 is 0. The number of rotatable bonds is 41. The first-order valence-corrected chi connectivity index (χ1v) is 24.6. The quantitative estimate of drug-likeness (QED) is 0.0325. The van der Waals surface area contributed by atoms with Crippen molar-refractivity contribution in [3.63, 3.8) is 0 Å². The number of carbonyl (C=O) groups is 1. The van der Waals surface area contributed by atoms with E-state index >= 15 is 0 Å². The second kappa shape index (κ2) is 41.7. The van der Waals surface area contributed by atoms with Crippen LogP contribution in [0.2, 0.25) is 0 Å². The fourth-order valence-electron chi connectivity index (χ4n) is 6.71. The predicted molar refractivity (Wildman–Crippen MR) is 239 cm³/mol. The molecule has 0 aliphatic carbocycles. The molecule has 6 nitrogen and oxygen atoms in total. The molecule has 7 heteroatoms. The SMILES string of the molecule is CCCCCCC/C=C\C/C=C\C/C=C\CCCCCCCCC(=O)NC(CS(=O)(=O)O)C(O)/C=C/CC/C=C/CCCCCCCCCCCCCCC. The van der Waals surface area contributed by atoms with Gasteiger partial charge < -0.3 is 10.4 Å².